The Bertz CT molecular complexity index is 297. The molecule has 0 fully saturated rings. The molecule has 0 aliphatic carbocycles. The first kappa shape index (κ1) is 14.0. The lowest BCUT2D eigenvalue weighted by Gasteiger charge is -2.10. The van der Waals surface area contributed by atoms with E-state index in [-0.39, 0.29) is 0 Å². The fraction of sp³-hybridized carbons (Fsp3) is 0.529. The van der Waals surface area contributed by atoms with Gasteiger partial charge in [-0.25, -0.2) is 0 Å². The second kappa shape index (κ2) is 9.04. The van der Waals surface area contributed by atoms with Crippen LogP contribution in [0.1, 0.15) is 63.9 Å². The molecule has 0 unspecified atom stereocenters. The zero-order valence-electron chi connectivity index (χ0n) is 11.4. The Morgan fingerprint density at radius 3 is 2.41 bits per heavy atom. The monoisotopic (exact) mass is 230 g/mol. The van der Waals surface area contributed by atoms with E-state index in [2.05, 4.69) is 56.3 Å². The number of benzene rings is 1. The van der Waals surface area contributed by atoms with Gasteiger partial charge in [-0.2, -0.15) is 0 Å². The molecule has 0 aliphatic rings. The molecule has 0 radical (unpaired) electrons. The third-order valence-corrected chi connectivity index (χ3v) is 3.26. The molecule has 0 saturated carbocycles. The number of rotatable bonds is 8. The molecule has 0 bridgehead atoms. The summed E-state index contributed by atoms with van der Waals surface area (Å²) in [6.07, 6.45) is 12.6. The van der Waals surface area contributed by atoms with Crippen LogP contribution in [0.3, 0.4) is 0 Å². The van der Waals surface area contributed by atoms with Crippen molar-refractivity contribution < 1.29 is 0 Å². The fourth-order valence-electron chi connectivity index (χ4n) is 2.13. The molecule has 0 aliphatic heterocycles. The van der Waals surface area contributed by atoms with Gasteiger partial charge in [-0.1, -0.05) is 75.6 Å². The lowest BCUT2D eigenvalue weighted by Crippen LogP contribution is -1.92. The lowest BCUT2D eigenvalue weighted by molar-refractivity contribution is 0.672. The van der Waals surface area contributed by atoms with Gasteiger partial charge in [0.2, 0.25) is 0 Å². The van der Waals surface area contributed by atoms with E-state index in [1.165, 1.54) is 44.1 Å². The minimum atomic E-state index is 0.599. The van der Waals surface area contributed by atoms with Crippen molar-refractivity contribution in [1.29, 1.82) is 0 Å². The highest BCUT2D eigenvalue weighted by Gasteiger charge is 2.03. The predicted molar refractivity (Wildman–Crippen MR) is 77.4 cm³/mol. The van der Waals surface area contributed by atoms with Crippen molar-refractivity contribution >= 4 is 0 Å². The van der Waals surface area contributed by atoms with Crippen LogP contribution >= 0.6 is 0 Å². The van der Waals surface area contributed by atoms with Crippen molar-refractivity contribution in [1.82, 2.24) is 0 Å². The smallest absolute Gasteiger partial charge is 0.00153 e. The number of hydrogen-bond acceptors (Lipinski definition) is 0. The van der Waals surface area contributed by atoms with Crippen molar-refractivity contribution in [2.75, 3.05) is 0 Å². The molecule has 0 heteroatoms. The Morgan fingerprint density at radius 2 is 1.76 bits per heavy atom. The van der Waals surface area contributed by atoms with E-state index < -0.39 is 0 Å². The van der Waals surface area contributed by atoms with E-state index >= 15 is 0 Å². The van der Waals surface area contributed by atoms with Crippen molar-refractivity contribution in [3.05, 3.63) is 48.0 Å². The molecule has 94 valence electrons. The molecule has 1 rings (SSSR count). The summed E-state index contributed by atoms with van der Waals surface area (Å²) in [5.41, 5.74) is 1.44. The first-order valence-electron chi connectivity index (χ1n) is 7.10. The summed E-state index contributed by atoms with van der Waals surface area (Å²) < 4.78 is 0. The fourth-order valence-corrected chi connectivity index (χ4v) is 2.13. The maximum Gasteiger partial charge on any atom is 0.00153 e. The molecule has 0 nitrogen and oxygen atoms in total. The highest BCUT2D eigenvalue weighted by molar-refractivity contribution is 5.23. The molecule has 0 saturated heterocycles. The van der Waals surface area contributed by atoms with Gasteiger partial charge < -0.3 is 0 Å². The van der Waals surface area contributed by atoms with E-state index in [1.807, 2.05) is 0 Å². The van der Waals surface area contributed by atoms with Gasteiger partial charge in [0, 0.05) is 5.92 Å². The summed E-state index contributed by atoms with van der Waals surface area (Å²) in [5.74, 6) is 0.599. The molecule has 1 atom stereocenters. The standard InChI is InChI=1S/C17H26/c1-3-5-6-7-8-10-13-16(4-2)17-14-11-9-12-15-17/h9-16H,3-8H2,1-2H3/b13-10-/t16-/m1/s1. The summed E-state index contributed by atoms with van der Waals surface area (Å²) in [6.45, 7) is 4.53. The second-order valence-corrected chi connectivity index (χ2v) is 4.70. The topological polar surface area (TPSA) is 0 Å². The summed E-state index contributed by atoms with van der Waals surface area (Å²) in [4.78, 5) is 0. The molecule has 1 aromatic rings. The molecule has 0 spiro atoms. The lowest BCUT2D eigenvalue weighted by atomic mass is 9.95. The van der Waals surface area contributed by atoms with E-state index in [9.17, 15) is 0 Å². The average molecular weight is 230 g/mol. The van der Waals surface area contributed by atoms with Crippen molar-refractivity contribution in [3.63, 3.8) is 0 Å². The van der Waals surface area contributed by atoms with Crippen LogP contribution in [-0.4, -0.2) is 0 Å². The maximum atomic E-state index is 2.39. The Kier molecular flexibility index (Phi) is 7.46. The van der Waals surface area contributed by atoms with Gasteiger partial charge in [-0.15, -0.1) is 0 Å². The van der Waals surface area contributed by atoms with Crippen LogP contribution in [0.2, 0.25) is 0 Å². The minimum Gasteiger partial charge on any atom is -0.0879 e. The Morgan fingerprint density at radius 1 is 1.00 bits per heavy atom. The predicted octanol–water partition coefficient (Wildman–Crippen LogP) is 5.71. The minimum absolute atomic E-state index is 0.599. The molecule has 0 aromatic heterocycles. The number of unbranched alkanes of at least 4 members (excludes halogenated alkanes) is 4. The molecule has 1 aromatic carbocycles. The molecular formula is C17H26. The Balaban J connectivity index is 2.34. The highest BCUT2D eigenvalue weighted by Crippen LogP contribution is 2.20. The third-order valence-electron chi connectivity index (χ3n) is 3.26. The molecule has 0 amide bonds. The maximum absolute atomic E-state index is 2.39. The molecule has 0 heterocycles. The van der Waals surface area contributed by atoms with Crippen LogP contribution in [0.15, 0.2) is 42.5 Å². The largest absolute Gasteiger partial charge is 0.0879 e. The molecule has 0 N–H and O–H groups in total. The van der Waals surface area contributed by atoms with Crippen LogP contribution in [0.4, 0.5) is 0 Å². The van der Waals surface area contributed by atoms with Gasteiger partial charge in [0.25, 0.3) is 0 Å². The Labute approximate surface area is 107 Å². The van der Waals surface area contributed by atoms with Crippen LogP contribution in [0.5, 0.6) is 0 Å². The average Bonchev–Trinajstić information content (AvgIpc) is 2.39. The third kappa shape index (κ3) is 5.72. The van der Waals surface area contributed by atoms with Crippen LogP contribution in [0, 0.1) is 0 Å². The number of hydrogen-bond donors (Lipinski definition) is 0. The van der Waals surface area contributed by atoms with Gasteiger partial charge >= 0.3 is 0 Å². The summed E-state index contributed by atoms with van der Waals surface area (Å²) in [5, 5.41) is 0. The van der Waals surface area contributed by atoms with Gasteiger partial charge in [-0.3, -0.25) is 0 Å². The van der Waals surface area contributed by atoms with Crippen molar-refractivity contribution in [2.45, 2.75) is 58.3 Å². The van der Waals surface area contributed by atoms with Crippen LogP contribution in [-0.2, 0) is 0 Å². The van der Waals surface area contributed by atoms with Gasteiger partial charge in [0.05, 0.1) is 0 Å². The van der Waals surface area contributed by atoms with Crippen molar-refractivity contribution in [2.24, 2.45) is 0 Å². The zero-order valence-corrected chi connectivity index (χ0v) is 11.4. The Hall–Kier alpha value is -1.04. The zero-order chi connectivity index (χ0) is 12.3. The van der Waals surface area contributed by atoms with Gasteiger partial charge in [0.1, 0.15) is 0 Å². The van der Waals surface area contributed by atoms with Gasteiger partial charge in [-0.05, 0) is 24.8 Å². The molecular weight excluding hydrogens is 204 g/mol. The van der Waals surface area contributed by atoms with E-state index in [4.69, 9.17) is 0 Å². The summed E-state index contributed by atoms with van der Waals surface area (Å²) in [7, 11) is 0. The first-order valence-corrected chi connectivity index (χ1v) is 7.10. The first-order chi connectivity index (χ1) is 8.38. The van der Waals surface area contributed by atoms with E-state index in [0.717, 1.165) is 0 Å². The SMILES string of the molecule is CCCCCC/C=C\[C@@H](CC)c1ccccc1. The van der Waals surface area contributed by atoms with E-state index in [1.54, 1.807) is 0 Å². The number of allylic oxidation sites excluding steroid dienone is 2. The van der Waals surface area contributed by atoms with Gasteiger partial charge in [0.15, 0.2) is 0 Å². The summed E-state index contributed by atoms with van der Waals surface area (Å²) in [6, 6.07) is 10.8. The quantitative estimate of drug-likeness (QED) is 0.396. The van der Waals surface area contributed by atoms with Crippen LogP contribution < -0.4 is 0 Å². The normalized spacial score (nSPS) is 13.1. The highest BCUT2D eigenvalue weighted by atomic mass is 14.1. The van der Waals surface area contributed by atoms with Crippen molar-refractivity contribution in [3.8, 4) is 0 Å². The summed E-state index contributed by atoms with van der Waals surface area (Å²) >= 11 is 0. The van der Waals surface area contributed by atoms with E-state index in [0.29, 0.717) is 5.92 Å². The molecule has 17 heavy (non-hydrogen) atoms. The second-order valence-electron chi connectivity index (χ2n) is 4.70. The van der Waals surface area contributed by atoms with Crippen LogP contribution in [0.25, 0.3) is 0 Å².